The van der Waals surface area contributed by atoms with Crippen LogP contribution in [0.4, 0.5) is 0 Å². The second-order valence-electron chi connectivity index (χ2n) is 6.41. The maximum Gasteiger partial charge on any atom is 0.191 e. The van der Waals surface area contributed by atoms with Crippen LogP contribution >= 0.6 is 0 Å². The van der Waals surface area contributed by atoms with Gasteiger partial charge in [-0.3, -0.25) is 9.89 Å². The number of guanidine groups is 1. The Kier molecular flexibility index (Phi) is 6.26. The molecule has 0 atom stereocenters. The van der Waals surface area contributed by atoms with Crippen molar-refractivity contribution in [2.24, 2.45) is 4.99 Å². The van der Waals surface area contributed by atoms with Crippen molar-refractivity contribution in [2.45, 2.75) is 32.0 Å². The Bertz CT molecular complexity index is 553. The normalized spacial score (nSPS) is 19.6. The predicted molar refractivity (Wildman–Crippen MR) is 98.0 cm³/mol. The van der Waals surface area contributed by atoms with Gasteiger partial charge in [0.2, 0.25) is 0 Å². The molecule has 0 spiro atoms. The van der Waals surface area contributed by atoms with Gasteiger partial charge in [0.15, 0.2) is 5.96 Å². The lowest BCUT2D eigenvalue weighted by molar-refractivity contribution is 0.0342. The molecule has 0 bridgehead atoms. The van der Waals surface area contributed by atoms with Crippen LogP contribution in [-0.4, -0.2) is 50.3 Å². The van der Waals surface area contributed by atoms with Crippen LogP contribution in [-0.2, 0) is 17.8 Å². The lowest BCUT2D eigenvalue weighted by Crippen LogP contribution is -2.42. The van der Waals surface area contributed by atoms with Gasteiger partial charge in [0.25, 0.3) is 0 Å². The van der Waals surface area contributed by atoms with E-state index in [2.05, 4.69) is 56.9 Å². The maximum absolute atomic E-state index is 5.40. The number of hydrogen-bond acceptors (Lipinski definition) is 3. The van der Waals surface area contributed by atoms with Gasteiger partial charge in [0.05, 0.1) is 13.2 Å². The molecule has 24 heavy (non-hydrogen) atoms. The minimum absolute atomic E-state index is 0.479. The Morgan fingerprint density at radius 2 is 1.79 bits per heavy atom. The molecule has 0 unspecified atom stereocenters. The average molecular weight is 328 g/mol. The highest BCUT2D eigenvalue weighted by molar-refractivity contribution is 5.80. The molecule has 5 nitrogen and oxygen atoms in total. The first-order valence-electron chi connectivity index (χ1n) is 8.83. The summed E-state index contributed by atoms with van der Waals surface area (Å²) in [4.78, 5) is 6.75. The molecular formula is C19H28N4O. The van der Waals surface area contributed by atoms with E-state index in [0.717, 1.165) is 58.2 Å². The summed E-state index contributed by atoms with van der Waals surface area (Å²) < 4.78 is 5.40. The van der Waals surface area contributed by atoms with E-state index >= 15 is 0 Å². The lowest BCUT2D eigenvalue weighted by atomic mass is 10.1. The van der Waals surface area contributed by atoms with Gasteiger partial charge < -0.3 is 15.4 Å². The molecule has 130 valence electrons. The molecule has 3 rings (SSSR count). The molecule has 1 fully saturated rings. The number of benzene rings is 1. The summed E-state index contributed by atoms with van der Waals surface area (Å²) in [6.45, 7) is 5.56. The number of aliphatic imine (C=N–C) groups is 1. The minimum atomic E-state index is 0.479. The Labute approximate surface area is 144 Å². The maximum atomic E-state index is 5.40. The van der Waals surface area contributed by atoms with E-state index in [4.69, 9.17) is 4.74 Å². The number of nitrogens with one attached hydrogen (secondary N) is 2. The fraction of sp³-hybridized carbons (Fsp3) is 0.526. The molecule has 0 amide bonds. The molecular weight excluding hydrogens is 300 g/mol. The molecule has 0 radical (unpaired) electrons. The van der Waals surface area contributed by atoms with E-state index in [9.17, 15) is 0 Å². The second-order valence-corrected chi connectivity index (χ2v) is 6.41. The molecule has 1 heterocycles. The Balaban J connectivity index is 1.44. The number of nitrogens with zero attached hydrogens (tertiary/aromatic N) is 2. The minimum Gasteiger partial charge on any atom is -0.379 e. The zero-order valence-electron chi connectivity index (χ0n) is 14.5. The summed E-state index contributed by atoms with van der Waals surface area (Å²) in [5.74, 6) is 0.876. The van der Waals surface area contributed by atoms with E-state index in [0.29, 0.717) is 6.04 Å². The topological polar surface area (TPSA) is 48.9 Å². The third-order valence-corrected chi connectivity index (χ3v) is 4.57. The number of ether oxygens (including phenoxy) is 1. The molecule has 5 heteroatoms. The quantitative estimate of drug-likeness (QED) is 0.492. The molecule has 0 aromatic heterocycles. The number of hydrogen-bond donors (Lipinski definition) is 2. The molecule has 0 saturated carbocycles. The van der Waals surface area contributed by atoms with Gasteiger partial charge in [-0.05, 0) is 24.0 Å². The lowest BCUT2D eigenvalue weighted by Gasteiger charge is -2.26. The van der Waals surface area contributed by atoms with Crippen LogP contribution in [0, 0.1) is 0 Å². The largest absolute Gasteiger partial charge is 0.379 e. The first-order chi connectivity index (χ1) is 11.8. The molecule has 1 aromatic carbocycles. The predicted octanol–water partition coefficient (Wildman–Crippen LogP) is 1.90. The van der Waals surface area contributed by atoms with Crippen LogP contribution in [0.2, 0.25) is 0 Å². The Morgan fingerprint density at radius 3 is 2.46 bits per heavy atom. The van der Waals surface area contributed by atoms with Crippen LogP contribution in [0.25, 0.3) is 0 Å². The number of morpholine rings is 1. The summed E-state index contributed by atoms with van der Waals surface area (Å²) in [6.07, 6.45) is 6.60. The van der Waals surface area contributed by atoms with Crippen molar-refractivity contribution in [2.75, 3.05) is 33.4 Å². The van der Waals surface area contributed by atoms with Gasteiger partial charge >= 0.3 is 0 Å². The highest BCUT2D eigenvalue weighted by Crippen LogP contribution is 2.10. The van der Waals surface area contributed by atoms with E-state index < -0.39 is 0 Å². The third kappa shape index (κ3) is 5.08. The van der Waals surface area contributed by atoms with Crippen LogP contribution < -0.4 is 10.6 Å². The summed E-state index contributed by atoms with van der Waals surface area (Å²) >= 11 is 0. The zero-order chi connectivity index (χ0) is 16.6. The van der Waals surface area contributed by atoms with Crippen molar-refractivity contribution in [1.29, 1.82) is 0 Å². The average Bonchev–Trinajstić information content (AvgIpc) is 3.14. The van der Waals surface area contributed by atoms with Crippen LogP contribution in [0.1, 0.15) is 24.0 Å². The van der Waals surface area contributed by atoms with E-state index in [1.807, 2.05) is 7.05 Å². The summed E-state index contributed by atoms with van der Waals surface area (Å²) in [7, 11) is 1.82. The van der Waals surface area contributed by atoms with Crippen LogP contribution in [0.3, 0.4) is 0 Å². The molecule has 1 aliphatic carbocycles. The van der Waals surface area contributed by atoms with E-state index in [1.165, 1.54) is 11.1 Å². The van der Waals surface area contributed by atoms with Crippen molar-refractivity contribution in [3.05, 3.63) is 47.5 Å². The van der Waals surface area contributed by atoms with Crippen LogP contribution in [0.5, 0.6) is 0 Å². The van der Waals surface area contributed by atoms with Gasteiger partial charge in [0.1, 0.15) is 0 Å². The van der Waals surface area contributed by atoms with Gasteiger partial charge in [0, 0.05) is 39.3 Å². The standard InChI is InChI=1S/C19H28N4O/c1-20-19(22-18-4-2-3-5-18)21-14-16-6-8-17(9-7-16)15-23-10-12-24-13-11-23/h2-3,6-9,18H,4-5,10-15H2,1H3,(H2,20,21,22). The SMILES string of the molecule is CN=C(NCc1ccc(CN2CCOCC2)cc1)NC1CC=CC1. The van der Waals surface area contributed by atoms with Crippen molar-refractivity contribution in [1.82, 2.24) is 15.5 Å². The van der Waals surface area contributed by atoms with E-state index in [-0.39, 0.29) is 0 Å². The molecule has 2 N–H and O–H groups in total. The first-order valence-corrected chi connectivity index (χ1v) is 8.83. The Morgan fingerprint density at radius 1 is 1.12 bits per heavy atom. The zero-order valence-corrected chi connectivity index (χ0v) is 14.5. The first kappa shape index (κ1) is 17.0. The monoisotopic (exact) mass is 328 g/mol. The molecule has 1 saturated heterocycles. The van der Waals surface area contributed by atoms with Gasteiger partial charge in [-0.15, -0.1) is 0 Å². The summed E-state index contributed by atoms with van der Waals surface area (Å²) in [5, 5.41) is 6.86. The van der Waals surface area contributed by atoms with E-state index in [1.54, 1.807) is 0 Å². The van der Waals surface area contributed by atoms with Crippen molar-refractivity contribution in [3.63, 3.8) is 0 Å². The van der Waals surface area contributed by atoms with Gasteiger partial charge in [-0.2, -0.15) is 0 Å². The Hall–Kier alpha value is -1.85. The number of rotatable bonds is 5. The second kappa shape index (κ2) is 8.85. The third-order valence-electron chi connectivity index (χ3n) is 4.57. The fourth-order valence-corrected chi connectivity index (χ4v) is 3.09. The van der Waals surface area contributed by atoms with Gasteiger partial charge in [-0.1, -0.05) is 36.4 Å². The highest BCUT2D eigenvalue weighted by atomic mass is 16.5. The van der Waals surface area contributed by atoms with Gasteiger partial charge in [-0.25, -0.2) is 0 Å². The molecule has 1 aromatic rings. The molecule has 2 aliphatic rings. The van der Waals surface area contributed by atoms with Crippen molar-refractivity contribution in [3.8, 4) is 0 Å². The highest BCUT2D eigenvalue weighted by Gasteiger charge is 2.12. The molecule has 1 aliphatic heterocycles. The smallest absolute Gasteiger partial charge is 0.191 e. The summed E-state index contributed by atoms with van der Waals surface area (Å²) in [6, 6.07) is 9.33. The van der Waals surface area contributed by atoms with Crippen molar-refractivity contribution < 1.29 is 4.74 Å². The summed E-state index contributed by atoms with van der Waals surface area (Å²) in [5.41, 5.74) is 2.63. The van der Waals surface area contributed by atoms with Crippen molar-refractivity contribution >= 4 is 5.96 Å². The van der Waals surface area contributed by atoms with Crippen LogP contribution in [0.15, 0.2) is 41.4 Å². The fourth-order valence-electron chi connectivity index (χ4n) is 3.09.